The van der Waals surface area contributed by atoms with E-state index in [1.807, 2.05) is 12.1 Å². The zero-order valence-electron chi connectivity index (χ0n) is 28.3. The van der Waals surface area contributed by atoms with Crippen LogP contribution in [0.15, 0.2) is 60.9 Å². The first-order valence-corrected chi connectivity index (χ1v) is 16.3. The van der Waals surface area contributed by atoms with E-state index < -0.39 is 0 Å². The number of aldehydes is 1. The fourth-order valence-electron chi connectivity index (χ4n) is 3.95. The van der Waals surface area contributed by atoms with Gasteiger partial charge in [0.1, 0.15) is 17.9 Å². The topological polar surface area (TPSA) is 185 Å². The molecule has 12 nitrogen and oxygen atoms in total. The van der Waals surface area contributed by atoms with Crippen LogP contribution in [-0.2, 0) is 4.79 Å². The molecule has 0 bridgehead atoms. The van der Waals surface area contributed by atoms with Crippen molar-refractivity contribution in [2.75, 3.05) is 41.0 Å². The highest BCUT2D eigenvalue weighted by molar-refractivity contribution is 5.61. The molecule has 254 valence electrons. The van der Waals surface area contributed by atoms with E-state index in [9.17, 15) is 4.79 Å². The van der Waals surface area contributed by atoms with Gasteiger partial charge < -0.3 is 31.2 Å². The lowest BCUT2D eigenvalue weighted by Crippen LogP contribution is -2.07. The Morgan fingerprint density at radius 3 is 1.58 bits per heavy atom. The second kappa shape index (κ2) is 22.2. The molecule has 0 saturated heterocycles. The third-order valence-electron chi connectivity index (χ3n) is 6.50. The minimum absolute atomic E-state index is 0.138. The highest BCUT2D eigenvalue weighted by atomic mass is 16.2. The second-order valence-corrected chi connectivity index (χ2v) is 10.5. The lowest BCUT2D eigenvalue weighted by molar-refractivity contribution is -0.107. The minimum Gasteiger partial charge on any atom is -0.396 e. The standard InChI is InChI=1S/C19H21N5O.C19H19N5O/c2*1-2-11-21-18-16(6-4-3-5-12-25)14-22-19(24-18)23-17-9-7-15(13-20)8-10-17/h7-10,14,25H,2-3,5,11-12H2,1H3,(H2,21,22,23,24);7-10,12,14H,2-3,5,11H2,1H3,(H2,21,22,23,24). The van der Waals surface area contributed by atoms with Gasteiger partial charge >= 0.3 is 0 Å². The molecule has 2 aromatic heterocycles. The van der Waals surface area contributed by atoms with Gasteiger partial charge in [-0.1, -0.05) is 37.5 Å². The molecule has 50 heavy (non-hydrogen) atoms. The Morgan fingerprint density at radius 2 is 1.18 bits per heavy atom. The van der Waals surface area contributed by atoms with Crippen LogP contribution in [0.1, 0.15) is 74.6 Å². The van der Waals surface area contributed by atoms with Crippen molar-refractivity contribution in [2.45, 2.75) is 52.4 Å². The van der Waals surface area contributed by atoms with Gasteiger partial charge in [0.05, 0.1) is 46.8 Å². The molecular weight excluding hydrogens is 628 g/mol. The first-order chi connectivity index (χ1) is 24.5. The van der Waals surface area contributed by atoms with Crippen LogP contribution in [0.25, 0.3) is 0 Å². The normalized spacial score (nSPS) is 9.54. The summed E-state index contributed by atoms with van der Waals surface area (Å²) in [7, 11) is 0. The van der Waals surface area contributed by atoms with Crippen LogP contribution in [0.4, 0.5) is 34.9 Å². The predicted octanol–water partition coefficient (Wildman–Crippen LogP) is 6.28. The van der Waals surface area contributed by atoms with Gasteiger partial charge in [0.15, 0.2) is 0 Å². The number of carbonyl (C=O) groups is 1. The molecule has 5 N–H and O–H groups in total. The van der Waals surface area contributed by atoms with Gasteiger partial charge in [0.25, 0.3) is 0 Å². The summed E-state index contributed by atoms with van der Waals surface area (Å²) in [6, 6.07) is 18.3. The Bertz CT molecular complexity index is 1870. The first-order valence-electron chi connectivity index (χ1n) is 16.3. The molecule has 0 aliphatic heterocycles. The van der Waals surface area contributed by atoms with E-state index in [1.54, 1.807) is 48.8 Å². The number of unbranched alkanes of at least 4 members (excludes halogenated alkanes) is 2. The van der Waals surface area contributed by atoms with E-state index in [-0.39, 0.29) is 6.61 Å². The average molecular weight is 669 g/mol. The molecule has 0 radical (unpaired) electrons. The first kappa shape index (κ1) is 38.0. The number of carbonyl (C=O) groups excluding carboxylic acids is 1. The van der Waals surface area contributed by atoms with Crippen molar-refractivity contribution < 1.29 is 9.90 Å². The number of anilines is 6. The monoisotopic (exact) mass is 668 g/mol. The van der Waals surface area contributed by atoms with E-state index in [0.29, 0.717) is 65.9 Å². The van der Waals surface area contributed by atoms with E-state index in [1.165, 1.54) is 0 Å². The molecule has 0 spiro atoms. The van der Waals surface area contributed by atoms with Gasteiger partial charge in [-0.3, -0.25) is 0 Å². The van der Waals surface area contributed by atoms with Crippen molar-refractivity contribution in [2.24, 2.45) is 0 Å². The molecule has 2 heterocycles. The maximum Gasteiger partial charge on any atom is 0.229 e. The summed E-state index contributed by atoms with van der Waals surface area (Å²) in [5.41, 5.74) is 4.23. The third-order valence-corrected chi connectivity index (χ3v) is 6.50. The van der Waals surface area contributed by atoms with Crippen LogP contribution < -0.4 is 21.3 Å². The molecular formula is C38H40N10O2. The lowest BCUT2D eigenvalue weighted by Gasteiger charge is -2.10. The third kappa shape index (κ3) is 13.3. The van der Waals surface area contributed by atoms with Gasteiger partial charge in [-0.15, -0.1) is 0 Å². The molecule has 0 amide bonds. The molecule has 4 rings (SSSR count). The molecule has 0 aliphatic rings. The summed E-state index contributed by atoms with van der Waals surface area (Å²) in [5.74, 6) is 14.3. The molecule has 12 heteroatoms. The van der Waals surface area contributed by atoms with Crippen LogP contribution in [0.2, 0.25) is 0 Å². The van der Waals surface area contributed by atoms with Crippen LogP contribution in [0.5, 0.6) is 0 Å². The Hall–Kier alpha value is -6.47. The average Bonchev–Trinajstić information content (AvgIpc) is 3.15. The highest BCUT2D eigenvalue weighted by Crippen LogP contribution is 2.19. The van der Waals surface area contributed by atoms with Gasteiger partial charge in [0.2, 0.25) is 11.9 Å². The van der Waals surface area contributed by atoms with Crippen molar-refractivity contribution in [3.8, 4) is 35.8 Å². The zero-order chi connectivity index (χ0) is 35.8. The number of nitrogens with zero attached hydrogens (tertiary/aromatic N) is 6. The number of hydrogen-bond donors (Lipinski definition) is 5. The number of nitrogens with one attached hydrogen (secondary N) is 4. The molecule has 0 saturated carbocycles. The van der Waals surface area contributed by atoms with Gasteiger partial charge in [-0.05, 0) is 67.8 Å². The van der Waals surface area contributed by atoms with Crippen LogP contribution in [0, 0.1) is 46.3 Å². The summed E-state index contributed by atoms with van der Waals surface area (Å²) in [4.78, 5) is 27.9. The van der Waals surface area contributed by atoms with Gasteiger partial charge in [-0.25, -0.2) is 9.97 Å². The molecule has 4 aromatic rings. The second-order valence-electron chi connectivity index (χ2n) is 10.5. The quantitative estimate of drug-likeness (QED) is 0.0576. The maximum absolute atomic E-state index is 10.4. The number of rotatable bonds is 14. The number of aromatic nitrogens is 4. The molecule has 0 atom stereocenters. The zero-order valence-corrected chi connectivity index (χ0v) is 28.3. The predicted molar refractivity (Wildman–Crippen MR) is 196 cm³/mol. The number of nitriles is 2. The Kier molecular flexibility index (Phi) is 16.8. The SMILES string of the molecule is CCCNc1nc(Nc2ccc(C#N)cc2)ncc1C#CCCC=O.CCCNc1nc(Nc2ccc(C#N)cc2)ncc1C#CCCCO. The van der Waals surface area contributed by atoms with E-state index in [4.69, 9.17) is 15.6 Å². The summed E-state index contributed by atoms with van der Waals surface area (Å²) >= 11 is 0. The van der Waals surface area contributed by atoms with Crippen molar-refractivity contribution in [1.82, 2.24) is 19.9 Å². The Labute approximate surface area is 293 Å². The van der Waals surface area contributed by atoms with Crippen LogP contribution in [0.3, 0.4) is 0 Å². The van der Waals surface area contributed by atoms with Gasteiger partial charge in [-0.2, -0.15) is 20.5 Å². The highest BCUT2D eigenvalue weighted by Gasteiger charge is 2.07. The van der Waals surface area contributed by atoms with Crippen LogP contribution in [-0.4, -0.2) is 51.0 Å². The summed E-state index contributed by atoms with van der Waals surface area (Å²) in [6.45, 7) is 5.85. The summed E-state index contributed by atoms with van der Waals surface area (Å²) < 4.78 is 0. The number of benzene rings is 2. The smallest absolute Gasteiger partial charge is 0.229 e. The molecule has 0 fully saturated rings. The van der Waals surface area contributed by atoms with Crippen molar-refractivity contribution in [1.29, 1.82) is 10.5 Å². The van der Waals surface area contributed by atoms with Crippen molar-refractivity contribution in [3.05, 3.63) is 83.2 Å². The number of aliphatic hydroxyl groups is 1. The van der Waals surface area contributed by atoms with E-state index in [2.05, 4.69) is 90.9 Å². The molecule has 2 aromatic carbocycles. The summed E-state index contributed by atoms with van der Waals surface area (Å²) in [5, 5.41) is 39.2. The molecule has 0 aliphatic carbocycles. The number of hydrogen-bond acceptors (Lipinski definition) is 12. The lowest BCUT2D eigenvalue weighted by atomic mass is 10.2. The molecule has 0 unspecified atom stereocenters. The fourth-order valence-corrected chi connectivity index (χ4v) is 3.95. The van der Waals surface area contributed by atoms with Crippen molar-refractivity contribution in [3.63, 3.8) is 0 Å². The van der Waals surface area contributed by atoms with Crippen LogP contribution >= 0.6 is 0 Å². The van der Waals surface area contributed by atoms with E-state index in [0.717, 1.165) is 49.2 Å². The van der Waals surface area contributed by atoms with E-state index >= 15 is 0 Å². The fraction of sp³-hybridized carbons (Fsp3) is 0.289. The minimum atomic E-state index is 0.138. The van der Waals surface area contributed by atoms with Crippen molar-refractivity contribution >= 4 is 41.2 Å². The Morgan fingerprint density at radius 1 is 0.720 bits per heavy atom. The summed E-state index contributed by atoms with van der Waals surface area (Å²) in [6.07, 6.45) is 8.35. The number of aliphatic hydroxyl groups excluding tert-OH is 1. The Balaban J connectivity index is 0.000000270. The maximum atomic E-state index is 10.4. The van der Waals surface area contributed by atoms with Gasteiger partial charge in [0, 0.05) is 50.3 Å². The largest absolute Gasteiger partial charge is 0.396 e.